The van der Waals surface area contributed by atoms with Crippen molar-refractivity contribution in [1.29, 1.82) is 0 Å². The largest absolute Gasteiger partial charge is 0.396 e. The molecule has 2 aromatic rings. The molecule has 0 aliphatic carbocycles. The average Bonchev–Trinajstić information content (AvgIpc) is 2.60. The summed E-state index contributed by atoms with van der Waals surface area (Å²) in [4.78, 5) is 25.5. The number of hydrogen-bond donors (Lipinski definition) is 2. The summed E-state index contributed by atoms with van der Waals surface area (Å²) in [6.45, 7) is 1.47. The van der Waals surface area contributed by atoms with Crippen LogP contribution in [-0.4, -0.2) is 35.5 Å². The molecule has 0 aliphatic rings. The highest BCUT2D eigenvalue weighted by atomic mass is 16.3. The van der Waals surface area contributed by atoms with Crippen molar-refractivity contribution < 1.29 is 14.7 Å². The van der Waals surface area contributed by atoms with E-state index in [1.165, 1.54) is 6.92 Å². The lowest BCUT2D eigenvalue weighted by Gasteiger charge is -2.28. The summed E-state index contributed by atoms with van der Waals surface area (Å²) in [5.41, 5.74) is 2.07. The molecule has 24 heavy (non-hydrogen) atoms. The number of Topliss-reactive ketones (excluding diaryl/α,β-unsaturated/α-hetero) is 1. The minimum Gasteiger partial charge on any atom is -0.396 e. The molecule has 5 heteroatoms. The van der Waals surface area contributed by atoms with Crippen molar-refractivity contribution in [2.75, 3.05) is 19.0 Å². The Morgan fingerprint density at radius 2 is 1.83 bits per heavy atom. The van der Waals surface area contributed by atoms with Crippen molar-refractivity contribution in [3.05, 3.63) is 65.7 Å². The van der Waals surface area contributed by atoms with Gasteiger partial charge in [0.25, 0.3) is 0 Å². The predicted molar refractivity (Wildman–Crippen MR) is 94.1 cm³/mol. The molecule has 0 bridgehead atoms. The Morgan fingerprint density at radius 1 is 1.12 bits per heavy atom. The number of carbonyl (C=O) groups excluding carboxylic acids is 2. The topological polar surface area (TPSA) is 69.6 Å². The standard InChI is InChI=1S/C19H22N2O3/c1-14(23)16-9-6-10-17(13-16)20-19(24)21(2)18(11-12-22)15-7-4-3-5-8-15/h3-10,13,18,22H,11-12H2,1-2H3,(H,20,24). The maximum absolute atomic E-state index is 12.5. The first-order valence-corrected chi connectivity index (χ1v) is 7.83. The fourth-order valence-corrected chi connectivity index (χ4v) is 2.55. The first-order valence-electron chi connectivity index (χ1n) is 7.83. The van der Waals surface area contributed by atoms with Gasteiger partial charge in [-0.15, -0.1) is 0 Å². The molecule has 2 aromatic carbocycles. The molecule has 5 nitrogen and oxygen atoms in total. The van der Waals surface area contributed by atoms with Crippen molar-refractivity contribution in [2.24, 2.45) is 0 Å². The lowest BCUT2D eigenvalue weighted by Crippen LogP contribution is -2.35. The van der Waals surface area contributed by atoms with Crippen molar-refractivity contribution in [2.45, 2.75) is 19.4 Å². The molecule has 0 radical (unpaired) electrons. The van der Waals surface area contributed by atoms with Crippen LogP contribution in [0.3, 0.4) is 0 Å². The number of benzene rings is 2. The molecule has 0 aliphatic heterocycles. The van der Waals surface area contributed by atoms with E-state index in [1.54, 1.807) is 36.2 Å². The van der Waals surface area contributed by atoms with Gasteiger partial charge in [0.05, 0.1) is 6.04 Å². The third-order valence-corrected chi connectivity index (χ3v) is 3.90. The molecule has 2 N–H and O–H groups in total. The van der Waals surface area contributed by atoms with Gasteiger partial charge in [-0.2, -0.15) is 0 Å². The first-order chi connectivity index (χ1) is 11.5. The van der Waals surface area contributed by atoms with Crippen LogP contribution >= 0.6 is 0 Å². The average molecular weight is 326 g/mol. The molecule has 0 aromatic heterocycles. The van der Waals surface area contributed by atoms with Crippen LogP contribution in [0.2, 0.25) is 0 Å². The van der Waals surface area contributed by atoms with E-state index in [1.807, 2.05) is 30.3 Å². The molecule has 1 unspecified atom stereocenters. The number of anilines is 1. The second-order valence-corrected chi connectivity index (χ2v) is 5.62. The van der Waals surface area contributed by atoms with E-state index in [0.29, 0.717) is 17.7 Å². The molecular formula is C19H22N2O3. The van der Waals surface area contributed by atoms with Crippen LogP contribution in [0.25, 0.3) is 0 Å². The third-order valence-electron chi connectivity index (χ3n) is 3.90. The Kier molecular flexibility index (Phi) is 6.09. The lowest BCUT2D eigenvalue weighted by atomic mass is 10.0. The maximum atomic E-state index is 12.5. The number of amides is 2. The van der Waals surface area contributed by atoms with E-state index in [4.69, 9.17) is 0 Å². The van der Waals surface area contributed by atoms with Crippen molar-refractivity contribution in [1.82, 2.24) is 4.90 Å². The summed E-state index contributed by atoms with van der Waals surface area (Å²) in [5.74, 6) is -0.0538. The van der Waals surface area contributed by atoms with Crippen LogP contribution in [0.4, 0.5) is 10.5 Å². The monoisotopic (exact) mass is 326 g/mol. The molecular weight excluding hydrogens is 304 g/mol. The summed E-state index contributed by atoms with van der Waals surface area (Å²) < 4.78 is 0. The van der Waals surface area contributed by atoms with Crippen LogP contribution in [0, 0.1) is 0 Å². The van der Waals surface area contributed by atoms with Gasteiger partial charge in [-0.1, -0.05) is 42.5 Å². The second kappa shape index (κ2) is 8.26. The van der Waals surface area contributed by atoms with Gasteiger partial charge in [-0.3, -0.25) is 4.79 Å². The van der Waals surface area contributed by atoms with E-state index in [0.717, 1.165) is 5.56 Å². The number of nitrogens with one attached hydrogen (secondary N) is 1. The quantitative estimate of drug-likeness (QED) is 0.799. The van der Waals surface area contributed by atoms with Gasteiger partial charge in [0.2, 0.25) is 0 Å². The number of aliphatic hydroxyl groups is 1. The zero-order valence-electron chi connectivity index (χ0n) is 13.9. The Balaban J connectivity index is 2.15. The second-order valence-electron chi connectivity index (χ2n) is 5.62. The summed E-state index contributed by atoms with van der Waals surface area (Å²) >= 11 is 0. The van der Waals surface area contributed by atoms with Gasteiger partial charge in [0.15, 0.2) is 5.78 Å². The number of hydrogen-bond acceptors (Lipinski definition) is 3. The lowest BCUT2D eigenvalue weighted by molar-refractivity contribution is 0.101. The normalized spacial score (nSPS) is 11.6. The fourth-order valence-electron chi connectivity index (χ4n) is 2.55. The number of urea groups is 1. The predicted octanol–water partition coefficient (Wildman–Crippen LogP) is 3.48. The van der Waals surface area contributed by atoms with Crippen LogP contribution in [0.15, 0.2) is 54.6 Å². The third kappa shape index (κ3) is 4.43. The highest BCUT2D eigenvalue weighted by Gasteiger charge is 2.21. The molecule has 2 amide bonds. The Bertz CT molecular complexity index is 701. The van der Waals surface area contributed by atoms with Crippen LogP contribution in [-0.2, 0) is 0 Å². The van der Waals surface area contributed by atoms with E-state index in [-0.39, 0.29) is 24.5 Å². The Hall–Kier alpha value is -2.66. The smallest absolute Gasteiger partial charge is 0.322 e. The van der Waals surface area contributed by atoms with Gasteiger partial charge >= 0.3 is 6.03 Å². The van der Waals surface area contributed by atoms with Gasteiger partial charge < -0.3 is 15.3 Å². The highest BCUT2D eigenvalue weighted by molar-refractivity contribution is 5.96. The molecule has 0 saturated carbocycles. The first kappa shape index (κ1) is 17.7. The van der Waals surface area contributed by atoms with Crippen LogP contribution in [0.5, 0.6) is 0 Å². The summed E-state index contributed by atoms with van der Waals surface area (Å²) in [6.07, 6.45) is 0.446. The van der Waals surface area contributed by atoms with Gasteiger partial charge in [0.1, 0.15) is 0 Å². The number of ketones is 1. The van der Waals surface area contributed by atoms with Gasteiger partial charge in [0, 0.05) is 24.9 Å². The van der Waals surface area contributed by atoms with Crippen molar-refractivity contribution in [3.63, 3.8) is 0 Å². The summed E-state index contributed by atoms with van der Waals surface area (Å²) in [5, 5.41) is 12.1. The number of nitrogens with zero attached hydrogens (tertiary/aromatic N) is 1. The zero-order chi connectivity index (χ0) is 17.5. The van der Waals surface area contributed by atoms with E-state index >= 15 is 0 Å². The van der Waals surface area contributed by atoms with Gasteiger partial charge in [-0.25, -0.2) is 4.79 Å². The van der Waals surface area contributed by atoms with Crippen molar-refractivity contribution >= 4 is 17.5 Å². The minimum atomic E-state index is -0.294. The molecule has 126 valence electrons. The zero-order valence-corrected chi connectivity index (χ0v) is 13.9. The molecule has 0 heterocycles. The Morgan fingerprint density at radius 3 is 2.46 bits per heavy atom. The van der Waals surface area contributed by atoms with Gasteiger partial charge in [-0.05, 0) is 31.0 Å². The SMILES string of the molecule is CC(=O)c1cccc(NC(=O)N(C)C(CCO)c2ccccc2)c1. The summed E-state index contributed by atoms with van der Waals surface area (Å²) in [6, 6.07) is 15.9. The number of aliphatic hydroxyl groups excluding tert-OH is 1. The van der Waals surface area contributed by atoms with Crippen LogP contribution in [0.1, 0.15) is 35.3 Å². The van der Waals surface area contributed by atoms with E-state index in [9.17, 15) is 14.7 Å². The molecule has 2 rings (SSSR count). The molecule has 0 saturated heterocycles. The molecule has 0 fully saturated rings. The Labute approximate surface area is 141 Å². The summed E-state index contributed by atoms with van der Waals surface area (Å²) in [7, 11) is 1.69. The highest BCUT2D eigenvalue weighted by Crippen LogP contribution is 2.23. The molecule has 0 spiro atoms. The maximum Gasteiger partial charge on any atom is 0.322 e. The minimum absolute atomic E-state index is 0.0169. The van der Waals surface area contributed by atoms with Crippen molar-refractivity contribution in [3.8, 4) is 0 Å². The fraction of sp³-hybridized carbons (Fsp3) is 0.263. The number of carbonyl (C=O) groups is 2. The van der Waals surface area contributed by atoms with E-state index in [2.05, 4.69) is 5.32 Å². The van der Waals surface area contributed by atoms with Crippen LogP contribution < -0.4 is 5.32 Å². The number of rotatable bonds is 6. The molecule has 1 atom stereocenters. The van der Waals surface area contributed by atoms with E-state index < -0.39 is 0 Å².